The van der Waals surface area contributed by atoms with Crippen LogP contribution in [0.15, 0.2) is 118 Å². The Morgan fingerprint density at radius 3 is 2.33 bits per heavy atom. The van der Waals surface area contributed by atoms with E-state index in [4.69, 9.17) is 16.3 Å². The van der Waals surface area contributed by atoms with Gasteiger partial charge in [-0.1, -0.05) is 51.8 Å². The number of nitrogens with zero attached hydrogens (tertiary/aromatic N) is 1. The number of sulfonamides is 2. The van der Waals surface area contributed by atoms with Crippen LogP contribution in [0, 0.1) is 0 Å². The number of hydrogen-bond donors (Lipinski definition) is 2. The van der Waals surface area contributed by atoms with E-state index in [1.165, 1.54) is 55.7 Å². The maximum atomic E-state index is 13.7. The summed E-state index contributed by atoms with van der Waals surface area (Å²) in [6.07, 6.45) is 1.44. The van der Waals surface area contributed by atoms with Gasteiger partial charge in [0.1, 0.15) is 10.6 Å². The Balaban J connectivity index is 1.61. The molecule has 0 saturated heterocycles. The van der Waals surface area contributed by atoms with Gasteiger partial charge in [0, 0.05) is 21.4 Å². The van der Waals surface area contributed by atoms with Crippen molar-refractivity contribution >= 4 is 70.5 Å². The van der Waals surface area contributed by atoms with Gasteiger partial charge in [-0.15, -0.1) is 6.58 Å². The number of hydrogen-bond acceptors (Lipinski definition) is 6. The summed E-state index contributed by atoms with van der Waals surface area (Å²) >= 11 is 9.49. The van der Waals surface area contributed by atoms with Gasteiger partial charge in [-0.05, 0) is 72.8 Å². The molecule has 0 fully saturated rings. The minimum absolute atomic E-state index is 0.0296. The second kappa shape index (κ2) is 13.0. The molecule has 13 heteroatoms. The first-order valence-corrected chi connectivity index (χ1v) is 16.3. The molecule has 0 aliphatic rings. The zero-order chi connectivity index (χ0) is 30.5. The van der Waals surface area contributed by atoms with E-state index in [0.717, 1.165) is 8.78 Å². The van der Waals surface area contributed by atoms with E-state index in [1.807, 2.05) is 0 Å². The van der Waals surface area contributed by atoms with Gasteiger partial charge < -0.3 is 10.1 Å². The third kappa shape index (κ3) is 6.96. The number of ether oxygens (including phenoxy) is 1. The second-order valence-corrected chi connectivity index (χ2v) is 13.6. The van der Waals surface area contributed by atoms with Crippen LogP contribution in [-0.4, -0.2) is 36.4 Å². The van der Waals surface area contributed by atoms with Gasteiger partial charge in [0.2, 0.25) is 0 Å². The molecule has 4 aromatic carbocycles. The Morgan fingerprint density at radius 1 is 0.952 bits per heavy atom. The fourth-order valence-electron chi connectivity index (χ4n) is 3.92. The number of anilines is 3. The average Bonchev–Trinajstić information content (AvgIpc) is 2.97. The van der Waals surface area contributed by atoms with Gasteiger partial charge in [0.05, 0.1) is 29.3 Å². The lowest BCUT2D eigenvalue weighted by Gasteiger charge is -2.25. The van der Waals surface area contributed by atoms with Crippen molar-refractivity contribution in [2.45, 2.75) is 9.79 Å². The number of halogens is 2. The van der Waals surface area contributed by atoms with E-state index in [9.17, 15) is 21.6 Å². The maximum Gasteiger partial charge on any atom is 0.264 e. The number of rotatable bonds is 11. The first-order chi connectivity index (χ1) is 20.0. The second-order valence-electron chi connectivity index (χ2n) is 8.74. The highest BCUT2D eigenvalue weighted by Gasteiger charge is 2.27. The van der Waals surface area contributed by atoms with Gasteiger partial charge >= 0.3 is 0 Å². The van der Waals surface area contributed by atoms with Crippen molar-refractivity contribution in [1.29, 1.82) is 0 Å². The molecule has 2 N–H and O–H groups in total. The largest absolute Gasteiger partial charge is 0.495 e. The number of carbonyl (C=O) groups excluding carboxylic acids is 1. The van der Waals surface area contributed by atoms with Gasteiger partial charge in [0.15, 0.2) is 0 Å². The highest BCUT2D eigenvalue weighted by atomic mass is 79.9. The molecule has 0 aliphatic carbocycles. The smallest absolute Gasteiger partial charge is 0.264 e. The molecular formula is C29H25BrClN3O6S2. The van der Waals surface area contributed by atoms with Crippen molar-refractivity contribution in [3.63, 3.8) is 0 Å². The predicted octanol–water partition coefficient (Wildman–Crippen LogP) is 6.55. The zero-order valence-corrected chi connectivity index (χ0v) is 26.1. The average molecular weight is 691 g/mol. The fourth-order valence-corrected chi connectivity index (χ4v) is 7.26. The lowest BCUT2D eigenvalue weighted by atomic mass is 10.2. The van der Waals surface area contributed by atoms with Crippen molar-refractivity contribution in [2.75, 3.05) is 28.0 Å². The molecule has 42 heavy (non-hydrogen) atoms. The van der Waals surface area contributed by atoms with Gasteiger partial charge in [-0.25, -0.2) is 16.8 Å². The molecule has 218 valence electrons. The molecule has 0 heterocycles. The SMILES string of the molecule is C=CCN(c1ccccc1OC)S(=O)(=O)c1cccc(C(=O)Nc2ccc(Cl)c(S(=O)(=O)Nc3ccc(Br)cc3)c2)c1. The highest BCUT2D eigenvalue weighted by molar-refractivity contribution is 9.10. The van der Waals surface area contributed by atoms with E-state index in [1.54, 1.807) is 48.5 Å². The summed E-state index contributed by atoms with van der Waals surface area (Å²) in [6.45, 7) is 3.62. The van der Waals surface area contributed by atoms with Crippen LogP contribution in [-0.2, 0) is 20.0 Å². The summed E-state index contributed by atoms with van der Waals surface area (Å²) < 4.78 is 63.2. The lowest BCUT2D eigenvalue weighted by Crippen LogP contribution is -2.31. The lowest BCUT2D eigenvalue weighted by molar-refractivity contribution is 0.102. The van der Waals surface area contributed by atoms with Crippen molar-refractivity contribution in [3.05, 3.63) is 119 Å². The number of nitrogens with one attached hydrogen (secondary N) is 2. The van der Waals surface area contributed by atoms with Crippen LogP contribution in [0.1, 0.15) is 10.4 Å². The molecule has 4 aromatic rings. The summed E-state index contributed by atoms with van der Waals surface area (Å²) in [5, 5.41) is 2.56. The summed E-state index contributed by atoms with van der Waals surface area (Å²) in [5.74, 6) is -0.314. The summed E-state index contributed by atoms with van der Waals surface area (Å²) in [5.41, 5.74) is 0.792. The molecule has 0 radical (unpaired) electrons. The van der Waals surface area contributed by atoms with Crippen LogP contribution in [0.5, 0.6) is 5.75 Å². The number of amides is 1. The normalized spacial score (nSPS) is 11.4. The van der Waals surface area contributed by atoms with E-state index >= 15 is 0 Å². The third-order valence-corrected chi connectivity index (χ3v) is 10.1. The van der Waals surface area contributed by atoms with Crippen LogP contribution in [0.4, 0.5) is 17.1 Å². The number of benzene rings is 4. The molecular weight excluding hydrogens is 666 g/mol. The minimum Gasteiger partial charge on any atom is -0.495 e. The third-order valence-electron chi connectivity index (χ3n) is 5.91. The Morgan fingerprint density at radius 2 is 1.64 bits per heavy atom. The molecule has 1 amide bonds. The predicted molar refractivity (Wildman–Crippen MR) is 169 cm³/mol. The maximum absolute atomic E-state index is 13.7. The Bertz CT molecular complexity index is 1850. The van der Waals surface area contributed by atoms with Crippen molar-refractivity contribution in [1.82, 2.24) is 0 Å². The molecule has 0 saturated carbocycles. The van der Waals surface area contributed by atoms with E-state index in [-0.39, 0.29) is 32.6 Å². The molecule has 4 rings (SSSR count). The number of para-hydroxylation sites is 2. The first-order valence-electron chi connectivity index (χ1n) is 12.2. The standard InChI is InChI=1S/C29H25BrClN3O6S2/c1-3-17-34(26-9-4-5-10-27(26)40-2)42(38,39)24-8-6-7-20(18-24)29(35)32-23-15-16-25(31)28(19-23)41(36,37)33-22-13-11-21(30)12-14-22/h3-16,18-19,33H,1,17H2,2H3,(H,32,35). The molecule has 9 nitrogen and oxygen atoms in total. The molecule has 0 aliphatic heterocycles. The van der Waals surface area contributed by atoms with Crippen molar-refractivity contribution in [3.8, 4) is 5.75 Å². The highest BCUT2D eigenvalue weighted by Crippen LogP contribution is 2.33. The summed E-state index contributed by atoms with van der Waals surface area (Å²) in [6, 6.07) is 22.6. The molecule has 0 bridgehead atoms. The van der Waals surface area contributed by atoms with Crippen LogP contribution >= 0.6 is 27.5 Å². The first kappa shape index (κ1) is 31.1. The van der Waals surface area contributed by atoms with Gasteiger partial charge in [0.25, 0.3) is 26.0 Å². The topological polar surface area (TPSA) is 122 Å². The van der Waals surface area contributed by atoms with Crippen LogP contribution in [0.2, 0.25) is 5.02 Å². The number of carbonyl (C=O) groups is 1. The van der Waals surface area contributed by atoms with Crippen LogP contribution in [0.3, 0.4) is 0 Å². The monoisotopic (exact) mass is 689 g/mol. The molecule has 0 unspecified atom stereocenters. The zero-order valence-electron chi connectivity index (χ0n) is 22.1. The van der Waals surface area contributed by atoms with E-state index < -0.39 is 26.0 Å². The molecule has 0 spiro atoms. The Kier molecular flexibility index (Phi) is 9.62. The number of methoxy groups -OCH3 is 1. The van der Waals surface area contributed by atoms with Gasteiger partial charge in [-0.3, -0.25) is 13.8 Å². The van der Waals surface area contributed by atoms with Crippen molar-refractivity contribution < 1.29 is 26.4 Å². The Hall–Kier alpha value is -3.84. The van der Waals surface area contributed by atoms with Crippen LogP contribution < -0.4 is 19.1 Å². The Labute approximate surface area is 258 Å². The van der Waals surface area contributed by atoms with E-state index in [0.29, 0.717) is 17.1 Å². The fraction of sp³-hybridized carbons (Fsp3) is 0.0690. The molecule has 0 atom stereocenters. The quantitative estimate of drug-likeness (QED) is 0.172. The summed E-state index contributed by atoms with van der Waals surface area (Å²) in [4.78, 5) is 12.8. The summed E-state index contributed by atoms with van der Waals surface area (Å²) in [7, 11) is -6.82. The van der Waals surface area contributed by atoms with E-state index in [2.05, 4.69) is 32.5 Å². The molecule has 0 aromatic heterocycles. The van der Waals surface area contributed by atoms with Gasteiger partial charge in [-0.2, -0.15) is 0 Å². The van der Waals surface area contributed by atoms with Crippen molar-refractivity contribution in [2.24, 2.45) is 0 Å². The minimum atomic E-state index is -4.15. The van der Waals surface area contributed by atoms with Crippen LogP contribution in [0.25, 0.3) is 0 Å².